The Kier molecular flexibility index (Phi) is 4.57. The van der Waals surface area contributed by atoms with Gasteiger partial charge in [0.2, 0.25) is 0 Å². The van der Waals surface area contributed by atoms with E-state index in [1.165, 1.54) is 12.4 Å². The topological polar surface area (TPSA) is 92.9 Å². The Morgan fingerprint density at radius 2 is 1.96 bits per heavy atom. The van der Waals surface area contributed by atoms with Crippen LogP contribution in [0.15, 0.2) is 45.7 Å². The quantitative estimate of drug-likeness (QED) is 0.706. The molecule has 2 aromatic heterocycles. The molecular weight excluding hydrogens is 374 g/mol. The molecule has 3 rings (SSSR count). The minimum atomic E-state index is -0.322. The number of carbonyl (C=O) groups is 1. The lowest BCUT2D eigenvalue weighted by molar-refractivity contribution is 0.102. The van der Waals surface area contributed by atoms with E-state index in [4.69, 9.17) is 4.52 Å². The molecule has 0 saturated heterocycles. The second-order valence-electron chi connectivity index (χ2n) is 5.15. The summed E-state index contributed by atoms with van der Waals surface area (Å²) in [4.78, 5) is 20.5. The van der Waals surface area contributed by atoms with Crippen LogP contribution in [0.4, 0.5) is 17.3 Å². The second kappa shape index (κ2) is 6.79. The lowest BCUT2D eigenvalue weighted by Gasteiger charge is -2.08. The molecule has 0 spiro atoms. The molecule has 3 aromatic rings. The van der Waals surface area contributed by atoms with E-state index in [-0.39, 0.29) is 11.6 Å². The SMILES string of the molecule is Cc1cc(Nc2cnc(C(=O)Nc3ccc(Br)cc3C)cn2)no1. The smallest absolute Gasteiger partial charge is 0.275 e. The molecule has 0 atom stereocenters. The number of amides is 1. The number of hydrogen-bond donors (Lipinski definition) is 2. The standard InChI is InChI=1S/C16H14BrN5O2/c1-9-5-11(17)3-4-12(9)20-16(23)13-7-19-15(8-18-13)21-14-6-10(2)24-22-14/h3-8H,1-2H3,(H,20,23)(H,19,21,22). The summed E-state index contributed by atoms with van der Waals surface area (Å²) in [6.45, 7) is 3.71. The number of anilines is 3. The maximum Gasteiger partial charge on any atom is 0.275 e. The molecule has 0 aliphatic carbocycles. The van der Waals surface area contributed by atoms with Gasteiger partial charge in [0.1, 0.15) is 17.3 Å². The fourth-order valence-corrected chi connectivity index (χ4v) is 2.50. The van der Waals surface area contributed by atoms with Gasteiger partial charge in [-0.1, -0.05) is 21.1 Å². The van der Waals surface area contributed by atoms with Crippen molar-refractivity contribution in [1.82, 2.24) is 15.1 Å². The molecule has 24 heavy (non-hydrogen) atoms. The van der Waals surface area contributed by atoms with Gasteiger partial charge in [-0.2, -0.15) is 0 Å². The van der Waals surface area contributed by atoms with Gasteiger partial charge in [0.05, 0.1) is 12.4 Å². The van der Waals surface area contributed by atoms with Gasteiger partial charge in [0.25, 0.3) is 5.91 Å². The van der Waals surface area contributed by atoms with Crippen LogP contribution in [-0.4, -0.2) is 21.0 Å². The van der Waals surface area contributed by atoms with E-state index in [1.807, 2.05) is 25.1 Å². The van der Waals surface area contributed by atoms with Gasteiger partial charge in [-0.3, -0.25) is 4.79 Å². The third-order valence-electron chi connectivity index (χ3n) is 3.21. The summed E-state index contributed by atoms with van der Waals surface area (Å²) in [5.41, 5.74) is 1.90. The maximum atomic E-state index is 12.3. The van der Waals surface area contributed by atoms with Gasteiger partial charge in [-0.15, -0.1) is 0 Å². The Bertz CT molecular complexity index is 876. The zero-order valence-electron chi connectivity index (χ0n) is 13.0. The lowest BCUT2D eigenvalue weighted by Crippen LogP contribution is -2.15. The largest absolute Gasteiger partial charge is 0.360 e. The number of nitrogens with one attached hydrogen (secondary N) is 2. The molecule has 0 aliphatic rings. The highest BCUT2D eigenvalue weighted by Gasteiger charge is 2.10. The van der Waals surface area contributed by atoms with E-state index in [0.717, 1.165) is 15.7 Å². The highest BCUT2D eigenvalue weighted by atomic mass is 79.9. The molecule has 0 radical (unpaired) electrons. The Labute approximate surface area is 146 Å². The van der Waals surface area contributed by atoms with Crippen molar-refractivity contribution in [2.24, 2.45) is 0 Å². The molecule has 2 heterocycles. The van der Waals surface area contributed by atoms with E-state index >= 15 is 0 Å². The van der Waals surface area contributed by atoms with Crippen molar-refractivity contribution in [2.75, 3.05) is 10.6 Å². The molecule has 0 aliphatic heterocycles. The molecule has 0 bridgehead atoms. The molecule has 7 nitrogen and oxygen atoms in total. The molecular formula is C16H14BrN5O2. The number of rotatable bonds is 4. The van der Waals surface area contributed by atoms with Crippen molar-refractivity contribution < 1.29 is 9.32 Å². The summed E-state index contributed by atoms with van der Waals surface area (Å²) in [5.74, 6) is 1.37. The van der Waals surface area contributed by atoms with Crippen molar-refractivity contribution in [3.05, 3.63) is 58.1 Å². The van der Waals surface area contributed by atoms with Crippen molar-refractivity contribution >= 4 is 39.2 Å². The number of aryl methyl sites for hydroxylation is 2. The van der Waals surface area contributed by atoms with E-state index in [1.54, 1.807) is 13.0 Å². The Balaban J connectivity index is 1.69. The van der Waals surface area contributed by atoms with E-state index in [0.29, 0.717) is 17.4 Å². The first kappa shape index (κ1) is 16.1. The predicted octanol–water partition coefficient (Wildman–Crippen LogP) is 3.84. The Hall–Kier alpha value is -2.74. The van der Waals surface area contributed by atoms with Crippen LogP contribution in [0.1, 0.15) is 21.8 Å². The van der Waals surface area contributed by atoms with Crippen LogP contribution in [0.5, 0.6) is 0 Å². The van der Waals surface area contributed by atoms with E-state index < -0.39 is 0 Å². The molecule has 2 N–H and O–H groups in total. The average Bonchev–Trinajstić information content (AvgIpc) is 2.96. The van der Waals surface area contributed by atoms with Gasteiger partial charge in [0, 0.05) is 16.2 Å². The molecule has 122 valence electrons. The number of aromatic nitrogens is 3. The Morgan fingerprint density at radius 3 is 2.58 bits per heavy atom. The number of hydrogen-bond acceptors (Lipinski definition) is 6. The zero-order chi connectivity index (χ0) is 17.1. The third kappa shape index (κ3) is 3.77. The summed E-state index contributed by atoms with van der Waals surface area (Å²) in [6.07, 6.45) is 2.87. The highest BCUT2D eigenvalue weighted by molar-refractivity contribution is 9.10. The fraction of sp³-hybridized carbons (Fsp3) is 0.125. The van der Waals surface area contributed by atoms with E-state index in [9.17, 15) is 4.79 Å². The first-order valence-electron chi connectivity index (χ1n) is 7.11. The lowest BCUT2D eigenvalue weighted by atomic mass is 10.2. The van der Waals surface area contributed by atoms with Crippen LogP contribution < -0.4 is 10.6 Å². The fourth-order valence-electron chi connectivity index (χ4n) is 2.02. The van der Waals surface area contributed by atoms with Gasteiger partial charge in [0.15, 0.2) is 5.82 Å². The minimum Gasteiger partial charge on any atom is -0.360 e. The minimum absolute atomic E-state index is 0.221. The summed E-state index contributed by atoms with van der Waals surface area (Å²) >= 11 is 3.39. The van der Waals surface area contributed by atoms with E-state index in [2.05, 4.69) is 41.7 Å². The van der Waals surface area contributed by atoms with Crippen LogP contribution in [0, 0.1) is 13.8 Å². The van der Waals surface area contributed by atoms with Crippen LogP contribution in [-0.2, 0) is 0 Å². The first-order valence-corrected chi connectivity index (χ1v) is 7.90. The molecule has 0 unspecified atom stereocenters. The summed E-state index contributed by atoms with van der Waals surface area (Å²) < 4.78 is 5.91. The van der Waals surface area contributed by atoms with Crippen LogP contribution in [0.25, 0.3) is 0 Å². The first-order chi connectivity index (χ1) is 11.5. The number of nitrogens with zero attached hydrogens (tertiary/aromatic N) is 3. The predicted molar refractivity (Wildman–Crippen MR) is 93.4 cm³/mol. The van der Waals surface area contributed by atoms with Gasteiger partial charge in [-0.05, 0) is 37.6 Å². The van der Waals surface area contributed by atoms with Gasteiger partial charge >= 0.3 is 0 Å². The normalized spacial score (nSPS) is 10.5. The van der Waals surface area contributed by atoms with Crippen molar-refractivity contribution in [1.29, 1.82) is 0 Å². The molecule has 0 fully saturated rings. The molecule has 8 heteroatoms. The van der Waals surface area contributed by atoms with Gasteiger partial charge < -0.3 is 15.2 Å². The van der Waals surface area contributed by atoms with Crippen molar-refractivity contribution in [3.63, 3.8) is 0 Å². The monoisotopic (exact) mass is 387 g/mol. The number of halogens is 1. The zero-order valence-corrected chi connectivity index (χ0v) is 14.6. The molecule has 1 aromatic carbocycles. The van der Waals surface area contributed by atoms with Gasteiger partial charge in [-0.25, -0.2) is 9.97 Å². The average molecular weight is 388 g/mol. The molecule has 1 amide bonds. The third-order valence-corrected chi connectivity index (χ3v) is 3.70. The molecule has 0 saturated carbocycles. The van der Waals surface area contributed by atoms with Crippen molar-refractivity contribution in [2.45, 2.75) is 13.8 Å². The summed E-state index contributed by atoms with van der Waals surface area (Å²) in [5, 5.41) is 9.56. The second-order valence-corrected chi connectivity index (χ2v) is 6.06. The van der Waals surface area contributed by atoms with Crippen molar-refractivity contribution in [3.8, 4) is 0 Å². The van der Waals surface area contributed by atoms with Crippen LogP contribution >= 0.6 is 15.9 Å². The van der Waals surface area contributed by atoms with Crippen LogP contribution in [0.2, 0.25) is 0 Å². The summed E-state index contributed by atoms with van der Waals surface area (Å²) in [6, 6.07) is 7.35. The number of benzene rings is 1. The number of carbonyl (C=O) groups excluding carboxylic acids is 1. The van der Waals surface area contributed by atoms with Crippen LogP contribution in [0.3, 0.4) is 0 Å². The summed E-state index contributed by atoms with van der Waals surface area (Å²) in [7, 11) is 0. The maximum absolute atomic E-state index is 12.3. The Morgan fingerprint density at radius 1 is 1.12 bits per heavy atom. The highest BCUT2D eigenvalue weighted by Crippen LogP contribution is 2.20.